The van der Waals surface area contributed by atoms with Gasteiger partial charge < -0.3 is 4.90 Å². The Labute approximate surface area is 120 Å². The van der Waals surface area contributed by atoms with E-state index < -0.39 is 0 Å². The molecule has 4 nitrogen and oxygen atoms in total. The Morgan fingerprint density at radius 2 is 1.85 bits per heavy atom. The Bertz CT molecular complexity index is 425. The van der Waals surface area contributed by atoms with Crippen molar-refractivity contribution in [3.05, 3.63) is 39.9 Å². The molecule has 0 unspecified atom stereocenters. The molecule has 1 aromatic carbocycles. The van der Waals surface area contributed by atoms with E-state index >= 15 is 0 Å². The van der Waals surface area contributed by atoms with E-state index in [9.17, 15) is 10.1 Å². The Balaban J connectivity index is 1.87. The first-order valence-corrected chi connectivity index (χ1v) is 7.68. The highest BCUT2D eigenvalue weighted by Crippen LogP contribution is 2.22. The number of nitro groups is 1. The van der Waals surface area contributed by atoms with Crippen LogP contribution in [0.1, 0.15) is 44.6 Å². The summed E-state index contributed by atoms with van der Waals surface area (Å²) in [4.78, 5) is 12.9. The zero-order valence-electron chi connectivity index (χ0n) is 12.3. The molecule has 0 aromatic heterocycles. The maximum Gasteiger partial charge on any atom is 0.269 e. The summed E-state index contributed by atoms with van der Waals surface area (Å²) in [5, 5.41) is 10.6. The first kappa shape index (κ1) is 15.0. The monoisotopic (exact) mass is 276 g/mol. The van der Waals surface area contributed by atoms with Gasteiger partial charge in [0.15, 0.2) is 0 Å². The van der Waals surface area contributed by atoms with Gasteiger partial charge in [-0.3, -0.25) is 10.1 Å². The predicted octanol–water partition coefficient (Wildman–Crippen LogP) is 3.79. The highest BCUT2D eigenvalue weighted by atomic mass is 16.6. The molecule has 0 atom stereocenters. The molecule has 0 saturated heterocycles. The van der Waals surface area contributed by atoms with Crippen LogP contribution in [0.5, 0.6) is 0 Å². The molecule has 1 aromatic rings. The number of hydrogen-bond acceptors (Lipinski definition) is 3. The molecular formula is C16H24N2O2. The predicted molar refractivity (Wildman–Crippen MR) is 80.9 cm³/mol. The molecule has 0 bridgehead atoms. The number of nitrogens with zero attached hydrogens (tertiary/aromatic N) is 2. The number of non-ortho nitro benzene ring substituents is 1. The molecule has 2 rings (SSSR count). The van der Waals surface area contributed by atoms with Crippen molar-refractivity contribution in [1.29, 1.82) is 0 Å². The molecule has 0 radical (unpaired) electrons. The maximum atomic E-state index is 10.6. The Hall–Kier alpha value is -1.42. The van der Waals surface area contributed by atoms with Crippen LogP contribution in [-0.2, 0) is 6.42 Å². The van der Waals surface area contributed by atoms with Gasteiger partial charge in [-0.25, -0.2) is 0 Å². The summed E-state index contributed by atoms with van der Waals surface area (Å²) in [6.07, 6.45) is 7.73. The van der Waals surface area contributed by atoms with Gasteiger partial charge in [-0.1, -0.05) is 38.3 Å². The highest BCUT2D eigenvalue weighted by Gasteiger charge is 2.19. The third kappa shape index (κ3) is 4.04. The summed E-state index contributed by atoms with van der Waals surface area (Å²) in [5.74, 6) is 0. The van der Waals surface area contributed by atoms with Crippen molar-refractivity contribution >= 4 is 5.69 Å². The summed E-state index contributed by atoms with van der Waals surface area (Å²) in [6.45, 7) is 4.38. The topological polar surface area (TPSA) is 46.4 Å². The van der Waals surface area contributed by atoms with Gasteiger partial charge in [-0.05, 0) is 31.4 Å². The first-order chi connectivity index (χ1) is 9.70. The SMILES string of the molecule is CCN(CCc1ccc([N+](=O)[O-])cc1)C1CCCCC1. The summed E-state index contributed by atoms with van der Waals surface area (Å²) < 4.78 is 0. The molecule has 0 aliphatic heterocycles. The van der Waals surface area contributed by atoms with Crippen LogP contribution in [0.15, 0.2) is 24.3 Å². The fourth-order valence-corrected chi connectivity index (χ4v) is 3.10. The van der Waals surface area contributed by atoms with Crippen molar-refractivity contribution < 1.29 is 4.92 Å². The van der Waals surface area contributed by atoms with E-state index in [2.05, 4.69) is 11.8 Å². The highest BCUT2D eigenvalue weighted by molar-refractivity contribution is 5.32. The van der Waals surface area contributed by atoms with Gasteiger partial charge in [0.1, 0.15) is 0 Å². The Morgan fingerprint density at radius 3 is 2.40 bits per heavy atom. The van der Waals surface area contributed by atoms with Gasteiger partial charge in [0.05, 0.1) is 4.92 Å². The van der Waals surface area contributed by atoms with E-state index in [-0.39, 0.29) is 10.6 Å². The fourth-order valence-electron chi connectivity index (χ4n) is 3.10. The second-order valence-electron chi connectivity index (χ2n) is 5.59. The van der Waals surface area contributed by atoms with Crippen LogP contribution < -0.4 is 0 Å². The third-order valence-electron chi connectivity index (χ3n) is 4.33. The van der Waals surface area contributed by atoms with Crippen LogP contribution in [-0.4, -0.2) is 29.0 Å². The van der Waals surface area contributed by atoms with Crippen LogP contribution in [0.2, 0.25) is 0 Å². The van der Waals surface area contributed by atoms with E-state index in [0.717, 1.165) is 25.6 Å². The molecule has 0 N–H and O–H groups in total. The lowest BCUT2D eigenvalue weighted by Gasteiger charge is -2.33. The smallest absolute Gasteiger partial charge is 0.269 e. The van der Waals surface area contributed by atoms with E-state index in [4.69, 9.17) is 0 Å². The molecule has 4 heteroatoms. The standard InChI is InChI=1S/C16H24N2O2/c1-2-17(15-6-4-3-5-7-15)13-12-14-8-10-16(11-9-14)18(19)20/h8-11,15H,2-7,12-13H2,1H3. The van der Waals surface area contributed by atoms with Gasteiger partial charge >= 0.3 is 0 Å². The molecule has 110 valence electrons. The minimum atomic E-state index is -0.343. The third-order valence-corrected chi connectivity index (χ3v) is 4.33. The summed E-state index contributed by atoms with van der Waals surface area (Å²) in [7, 11) is 0. The van der Waals surface area contributed by atoms with Crippen LogP contribution in [0.3, 0.4) is 0 Å². The zero-order chi connectivity index (χ0) is 14.4. The number of rotatable bonds is 6. The summed E-state index contributed by atoms with van der Waals surface area (Å²) in [6, 6.07) is 7.71. The van der Waals surface area contributed by atoms with Crippen LogP contribution in [0.4, 0.5) is 5.69 Å². The number of nitro benzene ring substituents is 1. The number of hydrogen-bond donors (Lipinski definition) is 0. The second kappa shape index (κ2) is 7.39. The van der Waals surface area contributed by atoms with Gasteiger partial charge in [0.2, 0.25) is 0 Å². The average molecular weight is 276 g/mol. The van der Waals surface area contributed by atoms with Gasteiger partial charge in [0, 0.05) is 24.7 Å². The average Bonchev–Trinajstić information content (AvgIpc) is 2.49. The van der Waals surface area contributed by atoms with Crippen LogP contribution in [0, 0.1) is 10.1 Å². The van der Waals surface area contributed by atoms with E-state index in [1.807, 2.05) is 12.1 Å². The van der Waals surface area contributed by atoms with Crippen molar-refractivity contribution in [1.82, 2.24) is 4.90 Å². The zero-order valence-corrected chi connectivity index (χ0v) is 12.3. The van der Waals surface area contributed by atoms with Crippen molar-refractivity contribution in [2.45, 2.75) is 51.5 Å². The molecule has 1 aliphatic carbocycles. The summed E-state index contributed by atoms with van der Waals surface area (Å²) >= 11 is 0. The number of likely N-dealkylation sites (N-methyl/N-ethyl adjacent to an activating group) is 1. The van der Waals surface area contributed by atoms with Crippen molar-refractivity contribution in [2.75, 3.05) is 13.1 Å². The first-order valence-electron chi connectivity index (χ1n) is 7.68. The quantitative estimate of drug-likeness (QED) is 0.586. The lowest BCUT2D eigenvalue weighted by Crippen LogP contribution is -2.38. The molecule has 0 heterocycles. The van der Waals surface area contributed by atoms with Crippen molar-refractivity contribution in [3.8, 4) is 0 Å². The van der Waals surface area contributed by atoms with E-state index in [1.165, 1.54) is 37.7 Å². The molecule has 1 aliphatic rings. The van der Waals surface area contributed by atoms with E-state index in [1.54, 1.807) is 12.1 Å². The van der Waals surface area contributed by atoms with E-state index in [0.29, 0.717) is 0 Å². The van der Waals surface area contributed by atoms with Gasteiger partial charge in [0.25, 0.3) is 5.69 Å². The lowest BCUT2D eigenvalue weighted by atomic mass is 9.94. The van der Waals surface area contributed by atoms with Gasteiger partial charge in [-0.15, -0.1) is 0 Å². The number of benzene rings is 1. The molecule has 20 heavy (non-hydrogen) atoms. The van der Waals surface area contributed by atoms with Gasteiger partial charge in [-0.2, -0.15) is 0 Å². The van der Waals surface area contributed by atoms with Crippen LogP contribution in [0.25, 0.3) is 0 Å². The molecule has 1 saturated carbocycles. The molecule has 0 amide bonds. The second-order valence-corrected chi connectivity index (χ2v) is 5.59. The van der Waals surface area contributed by atoms with Crippen molar-refractivity contribution in [2.24, 2.45) is 0 Å². The minimum absolute atomic E-state index is 0.174. The Morgan fingerprint density at radius 1 is 1.20 bits per heavy atom. The minimum Gasteiger partial charge on any atom is -0.300 e. The maximum absolute atomic E-state index is 10.6. The molecule has 0 spiro atoms. The van der Waals surface area contributed by atoms with Crippen molar-refractivity contribution in [3.63, 3.8) is 0 Å². The molecule has 1 fully saturated rings. The molecular weight excluding hydrogens is 252 g/mol. The summed E-state index contributed by atoms with van der Waals surface area (Å²) in [5.41, 5.74) is 1.36. The normalized spacial score (nSPS) is 16.5. The Kier molecular flexibility index (Phi) is 5.53. The lowest BCUT2D eigenvalue weighted by molar-refractivity contribution is -0.384. The van der Waals surface area contributed by atoms with Crippen LogP contribution >= 0.6 is 0 Å². The fraction of sp³-hybridized carbons (Fsp3) is 0.625. The largest absolute Gasteiger partial charge is 0.300 e.